The summed E-state index contributed by atoms with van der Waals surface area (Å²) in [5, 5.41) is 29.0. The number of nitriles is 1. The second-order valence-electron chi connectivity index (χ2n) is 8.46. The summed E-state index contributed by atoms with van der Waals surface area (Å²) in [4.78, 5) is 21.4. The molecule has 3 saturated carbocycles. The molecule has 3 aliphatic carbocycles. The summed E-state index contributed by atoms with van der Waals surface area (Å²) < 4.78 is 14.9. The van der Waals surface area contributed by atoms with Crippen molar-refractivity contribution < 1.29 is 14.3 Å². The Balaban J connectivity index is 1.51. The Bertz CT molecular complexity index is 1250. The number of amides is 1. The van der Waals surface area contributed by atoms with Crippen LogP contribution >= 0.6 is 0 Å². The largest absolute Gasteiger partial charge is 0.393 e. The summed E-state index contributed by atoms with van der Waals surface area (Å²) in [6.45, 7) is -0.957. The van der Waals surface area contributed by atoms with Gasteiger partial charge in [0.1, 0.15) is 18.1 Å². The number of aliphatic hydroxyl groups excluding tert-OH is 1. The fourth-order valence-electron chi connectivity index (χ4n) is 4.35. The van der Waals surface area contributed by atoms with Crippen LogP contribution in [0.4, 0.5) is 15.9 Å². The molecule has 0 aromatic carbocycles. The third-order valence-corrected chi connectivity index (χ3v) is 6.17. The Morgan fingerprint density at radius 1 is 1.41 bits per heavy atom. The highest BCUT2D eigenvalue weighted by atomic mass is 19.1. The number of aromatic nitrogens is 4. The molecule has 3 fully saturated rings. The van der Waals surface area contributed by atoms with Crippen LogP contribution in [0, 0.1) is 17.2 Å². The van der Waals surface area contributed by atoms with E-state index in [1.807, 2.05) is 6.07 Å². The van der Waals surface area contributed by atoms with E-state index in [1.54, 1.807) is 18.3 Å². The first-order chi connectivity index (χ1) is 15.4. The first-order valence-electron chi connectivity index (χ1n) is 10.3. The van der Waals surface area contributed by atoms with Crippen LogP contribution in [0.2, 0.25) is 0 Å². The minimum absolute atomic E-state index is 0.0252. The summed E-state index contributed by atoms with van der Waals surface area (Å²) in [7, 11) is 0. The second-order valence-corrected chi connectivity index (χ2v) is 8.46. The molecule has 32 heavy (non-hydrogen) atoms. The highest BCUT2D eigenvalue weighted by Crippen LogP contribution is 2.58. The first kappa shape index (κ1) is 20.1. The molecule has 0 spiro atoms. The van der Waals surface area contributed by atoms with Crippen LogP contribution in [-0.2, 0) is 0 Å². The number of hydrogen-bond acceptors (Lipinski definition) is 8. The highest BCUT2D eigenvalue weighted by Gasteiger charge is 2.56. The van der Waals surface area contributed by atoms with Crippen LogP contribution in [0.1, 0.15) is 35.2 Å². The molecule has 3 aromatic heterocycles. The maximum absolute atomic E-state index is 13.4. The van der Waals surface area contributed by atoms with E-state index in [4.69, 9.17) is 16.1 Å². The molecule has 0 aliphatic heterocycles. The van der Waals surface area contributed by atoms with Gasteiger partial charge in [0, 0.05) is 23.2 Å². The molecule has 0 radical (unpaired) electrons. The second kappa shape index (κ2) is 7.42. The summed E-state index contributed by atoms with van der Waals surface area (Å²) in [5.74, 6) is 0.755. The number of nitrogens with two attached hydrogens (primary N) is 1. The molecule has 1 atom stereocenters. The van der Waals surface area contributed by atoms with Crippen molar-refractivity contribution in [1.82, 2.24) is 25.1 Å². The third-order valence-electron chi connectivity index (χ3n) is 6.17. The van der Waals surface area contributed by atoms with Gasteiger partial charge in [-0.05, 0) is 31.2 Å². The smallest absolute Gasteiger partial charge is 0.255 e. The zero-order chi connectivity index (χ0) is 22.5. The van der Waals surface area contributed by atoms with E-state index >= 15 is 0 Å². The lowest BCUT2D eigenvalue weighted by Gasteiger charge is -2.62. The van der Waals surface area contributed by atoms with E-state index in [9.17, 15) is 9.18 Å². The van der Waals surface area contributed by atoms with Gasteiger partial charge in [-0.25, -0.2) is 14.4 Å². The molecular weight excluding hydrogens is 415 g/mol. The van der Waals surface area contributed by atoms with Crippen molar-refractivity contribution in [2.45, 2.75) is 31.0 Å². The van der Waals surface area contributed by atoms with Gasteiger partial charge in [0.15, 0.2) is 11.5 Å². The van der Waals surface area contributed by atoms with E-state index < -0.39 is 18.7 Å². The fraction of sp³-hybridized carbons (Fsp3) is 0.381. The standard InChI is InChI=1S/C21H21FN8O2/c22-14(10-31)8-26-20(32)15-9-25-17(2-16(15)29-21-3-11(4-21)5-21)30-19-13(7-27-30)1-12(6-23)18(24)28-19/h1-2,7,9,11,14,31H,3-5,8,10H2,(H2,24,28)(H,25,29)(H,26,32)/t11?,14-,21?/m1/s1. The van der Waals surface area contributed by atoms with Crippen LogP contribution < -0.4 is 16.4 Å². The lowest BCUT2D eigenvalue weighted by atomic mass is 9.50. The van der Waals surface area contributed by atoms with Gasteiger partial charge in [-0.2, -0.15) is 15.0 Å². The SMILES string of the molecule is N#Cc1cc2cnn(-c3cc(NC45CC(C4)C5)c(C(=O)NC[C@@H](F)CO)cn3)c2nc1N. The zero-order valence-electron chi connectivity index (χ0n) is 17.0. The number of nitrogens with one attached hydrogen (secondary N) is 2. The number of fused-ring (bicyclic) bond motifs is 1. The summed E-state index contributed by atoms with van der Waals surface area (Å²) in [5.41, 5.74) is 7.39. The molecule has 2 bridgehead atoms. The monoisotopic (exact) mass is 436 g/mol. The zero-order valence-corrected chi connectivity index (χ0v) is 17.0. The average molecular weight is 436 g/mol. The number of hydrogen-bond donors (Lipinski definition) is 4. The molecule has 10 nitrogen and oxygen atoms in total. The quantitative estimate of drug-likeness (QED) is 0.432. The first-order valence-corrected chi connectivity index (χ1v) is 10.3. The predicted molar refractivity (Wildman–Crippen MR) is 114 cm³/mol. The molecule has 0 unspecified atom stereocenters. The van der Waals surface area contributed by atoms with Crippen molar-refractivity contribution in [3.63, 3.8) is 0 Å². The Hall–Kier alpha value is -3.78. The Labute approximate surface area is 182 Å². The Morgan fingerprint density at radius 3 is 2.84 bits per heavy atom. The number of halogens is 1. The van der Waals surface area contributed by atoms with Crippen LogP contribution in [0.5, 0.6) is 0 Å². The summed E-state index contributed by atoms with van der Waals surface area (Å²) in [6.07, 6.45) is 4.57. The highest BCUT2D eigenvalue weighted by molar-refractivity contribution is 5.99. The van der Waals surface area contributed by atoms with Gasteiger partial charge in [0.2, 0.25) is 0 Å². The number of rotatable bonds is 7. The van der Waals surface area contributed by atoms with Gasteiger partial charge >= 0.3 is 0 Å². The Kier molecular flexibility index (Phi) is 4.67. The summed E-state index contributed by atoms with van der Waals surface area (Å²) >= 11 is 0. The van der Waals surface area contributed by atoms with Crippen LogP contribution in [0.3, 0.4) is 0 Å². The van der Waals surface area contributed by atoms with Gasteiger partial charge in [-0.3, -0.25) is 4.79 Å². The maximum Gasteiger partial charge on any atom is 0.255 e. The number of alkyl halides is 1. The minimum atomic E-state index is -1.54. The molecule has 11 heteroatoms. The number of nitrogen functional groups attached to an aromatic ring is 1. The number of nitrogens with zero attached hydrogens (tertiary/aromatic N) is 5. The molecule has 3 aliphatic rings. The molecule has 3 aromatic rings. The van der Waals surface area contributed by atoms with Gasteiger partial charge in [-0.1, -0.05) is 0 Å². The topological polar surface area (TPSA) is 155 Å². The molecular formula is C21H21FN8O2. The third kappa shape index (κ3) is 3.29. The predicted octanol–water partition coefficient (Wildman–Crippen LogP) is 1.29. The molecule has 5 N–H and O–H groups in total. The lowest BCUT2D eigenvalue weighted by molar-refractivity contribution is 0.00208. The van der Waals surface area contributed by atoms with Gasteiger partial charge in [-0.15, -0.1) is 0 Å². The molecule has 3 heterocycles. The summed E-state index contributed by atoms with van der Waals surface area (Å²) in [6, 6.07) is 5.31. The van der Waals surface area contributed by atoms with Crippen molar-refractivity contribution in [2.75, 3.05) is 24.2 Å². The van der Waals surface area contributed by atoms with E-state index in [0.717, 1.165) is 25.2 Å². The number of pyridine rings is 2. The minimum Gasteiger partial charge on any atom is -0.393 e. The van der Waals surface area contributed by atoms with E-state index in [0.29, 0.717) is 22.5 Å². The van der Waals surface area contributed by atoms with Crippen LogP contribution in [0.25, 0.3) is 16.9 Å². The number of aliphatic hydroxyl groups is 1. The lowest BCUT2D eigenvalue weighted by Crippen LogP contribution is -2.63. The molecule has 0 saturated heterocycles. The number of carbonyl (C=O) groups is 1. The van der Waals surface area contributed by atoms with Gasteiger partial charge < -0.3 is 21.5 Å². The Morgan fingerprint density at radius 2 is 2.19 bits per heavy atom. The van der Waals surface area contributed by atoms with Gasteiger partial charge in [0.05, 0.1) is 36.2 Å². The van der Waals surface area contributed by atoms with E-state index in [-0.39, 0.29) is 29.0 Å². The van der Waals surface area contributed by atoms with Gasteiger partial charge in [0.25, 0.3) is 5.91 Å². The average Bonchev–Trinajstić information content (AvgIpc) is 3.15. The number of anilines is 2. The fourth-order valence-corrected chi connectivity index (χ4v) is 4.35. The van der Waals surface area contributed by atoms with Crippen molar-refractivity contribution in [3.05, 3.63) is 35.7 Å². The number of carbonyl (C=O) groups excluding carboxylic acids is 1. The van der Waals surface area contributed by atoms with Crippen molar-refractivity contribution in [3.8, 4) is 11.9 Å². The maximum atomic E-state index is 13.4. The van der Waals surface area contributed by atoms with Crippen molar-refractivity contribution in [1.29, 1.82) is 5.26 Å². The molecule has 1 amide bonds. The van der Waals surface area contributed by atoms with Crippen molar-refractivity contribution in [2.24, 2.45) is 5.92 Å². The normalized spacial score (nSPS) is 21.8. The van der Waals surface area contributed by atoms with E-state index in [2.05, 4.69) is 25.7 Å². The molecule has 164 valence electrons. The van der Waals surface area contributed by atoms with Crippen molar-refractivity contribution >= 4 is 28.4 Å². The molecule has 6 rings (SSSR count). The van der Waals surface area contributed by atoms with Crippen LogP contribution in [0.15, 0.2) is 24.5 Å². The van der Waals surface area contributed by atoms with E-state index in [1.165, 1.54) is 10.9 Å². The van der Waals surface area contributed by atoms with Crippen LogP contribution in [-0.4, -0.2) is 55.6 Å².